The summed E-state index contributed by atoms with van der Waals surface area (Å²) in [7, 11) is -2.38. The summed E-state index contributed by atoms with van der Waals surface area (Å²) in [4.78, 5) is 18.6. The first-order chi connectivity index (χ1) is 12.6. The molecule has 1 amide bonds. The number of carbonyl (C=O) groups is 1. The summed E-state index contributed by atoms with van der Waals surface area (Å²) in [6.45, 7) is 3.03. The van der Waals surface area contributed by atoms with Crippen molar-refractivity contribution in [3.05, 3.63) is 35.1 Å². The van der Waals surface area contributed by atoms with Crippen LogP contribution in [0.25, 0.3) is 0 Å². The van der Waals surface area contributed by atoms with Crippen LogP contribution in [-0.2, 0) is 26.8 Å². The fraction of sp³-hybridized carbons (Fsp3) is 0.556. The Hall–Kier alpha value is -2.16. The summed E-state index contributed by atoms with van der Waals surface area (Å²) >= 11 is 0. The number of piperidine rings is 1. The van der Waals surface area contributed by atoms with Crippen LogP contribution in [0.15, 0.2) is 23.2 Å². The van der Waals surface area contributed by atoms with Crippen molar-refractivity contribution in [2.75, 3.05) is 25.9 Å². The highest BCUT2D eigenvalue weighted by Crippen LogP contribution is 2.34. The Balaban J connectivity index is 1.90. The minimum absolute atomic E-state index is 0.00331. The van der Waals surface area contributed by atoms with Gasteiger partial charge in [0.25, 0.3) is 0 Å². The Morgan fingerprint density at radius 1 is 1.30 bits per heavy atom. The molecule has 1 fully saturated rings. The Bertz CT molecular complexity index is 881. The van der Waals surface area contributed by atoms with Crippen molar-refractivity contribution in [3.63, 3.8) is 0 Å². The largest absolute Gasteiger partial charge is 0.369 e. The van der Waals surface area contributed by atoms with Crippen LogP contribution in [0, 0.1) is 5.82 Å². The number of likely N-dealkylation sites (tertiary alicyclic amines) is 1. The zero-order chi connectivity index (χ0) is 19.8. The predicted octanol–water partition coefficient (Wildman–Crippen LogP) is 1.19. The Labute approximate surface area is 159 Å². The molecule has 1 atom stereocenters. The lowest BCUT2D eigenvalue weighted by atomic mass is 9.91. The fourth-order valence-electron chi connectivity index (χ4n) is 3.61. The number of guanidine groups is 1. The van der Waals surface area contributed by atoms with Crippen molar-refractivity contribution >= 4 is 21.9 Å². The molecule has 0 bridgehead atoms. The van der Waals surface area contributed by atoms with E-state index < -0.39 is 27.1 Å². The van der Waals surface area contributed by atoms with E-state index in [0.29, 0.717) is 5.56 Å². The number of amides is 1. The van der Waals surface area contributed by atoms with Crippen molar-refractivity contribution in [1.82, 2.24) is 9.21 Å². The Kier molecular flexibility index (Phi) is 5.16. The van der Waals surface area contributed by atoms with Crippen LogP contribution < -0.4 is 5.73 Å². The second-order valence-electron chi connectivity index (χ2n) is 7.40. The molecule has 2 heterocycles. The molecule has 1 saturated heterocycles. The van der Waals surface area contributed by atoms with Crippen LogP contribution in [0.1, 0.15) is 37.3 Å². The molecule has 3 rings (SSSR count). The van der Waals surface area contributed by atoms with E-state index >= 15 is 0 Å². The van der Waals surface area contributed by atoms with Gasteiger partial charge in [0.05, 0.1) is 12.2 Å². The maximum absolute atomic E-state index is 14.6. The van der Waals surface area contributed by atoms with Gasteiger partial charge in [-0.15, -0.1) is 0 Å². The van der Waals surface area contributed by atoms with Gasteiger partial charge in [0.15, 0.2) is 0 Å². The molecule has 0 radical (unpaired) electrons. The molecule has 148 valence electrons. The van der Waals surface area contributed by atoms with Crippen LogP contribution >= 0.6 is 0 Å². The zero-order valence-corrected chi connectivity index (χ0v) is 16.4. The summed E-state index contributed by atoms with van der Waals surface area (Å²) < 4.78 is 40.1. The molecule has 0 unspecified atom stereocenters. The average molecular weight is 396 g/mol. The van der Waals surface area contributed by atoms with Gasteiger partial charge in [0.1, 0.15) is 11.4 Å². The molecule has 9 heteroatoms. The molecule has 0 spiro atoms. The van der Waals surface area contributed by atoms with E-state index in [1.165, 1.54) is 19.2 Å². The summed E-state index contributed by atoms with van der Waals surface area (Å²) in [5, 5.41) is 0. The average Bonchev–Trinajstić information content (AvgIpc) is 2.61. The Morgan fingerprint density at radius 2 is 1.96 bits per heavy atom. The predicted molar refractivity (Wildman–Crippen MR) is 101 cm³/mol. The molecule has 0 aliphatic carbocycles. The highest BCUT2D eigenvalue weighted by molar-refractivity contribution is 7.89. The number of carbonyl (C=O) groups excluding carboxylic acids is 1. The molecule has 0 saturated carbocycles. The lowest BCUT2D eigenvalue weighted by Gasteiger charge is -2.34. The molecule has 2 aliphatic heterocycles. The third-order valence-electron chi connectivity index (χ3n) is 5.24. The van der Waals surface area contributed by atoms with E-state index in [1.807, 2.05) is 4.90 Å². The van der Waals surface area contributed by atoms with Gasteiger partial charge < -0.3 is 10.6 Å². The van der Waals surface area contributed by atoms with Crippen molar-refractivity contribution in [3.8, 4) is 0 Å². The van der Waals surface area contributed by atoms with E-state index in [4.69, 9.17) is 5.73 Å². The summed E-state index contributed by atoms with van der Waals surface area (Å²) in [5.41, 5.74) is 5.17. The zero-order valence-electron chi connectivity index (χ0n) is 15.6. The van der Waals surface area contributed by atoms with Crippen LogP contribution in [0.3, 0.4) is 0 Å². The maximum Gasteiger partial charge on any atom is 0.239 e. The quantitative estimate of drug-likeness (QED) is 0.830. The van der Waals surface area contributed by atoms with Crippen molar-refractivity contribution in [2.24, 2.45) is 10.7 Å². The number of rotatable bonds is 3. The number of nitrogens with zero attached hydrogens (tertiary/aromatic N) is 3. The van der Waals surface area contributed by atoms with Gasteiger partial charge in [-0.2, -0.15) is 0 Å². The van der Waals surface area contributed by atoms with Gasteiger partial charge in [-0.1, -0.05) is 6.07 Å². The van der Waals surface area contributed by atoms with Crippen molar-refractivity contribution in [2.45, 2.75) is 38.1 Å². The topological polar surface area (TPSA) is 96.1 Å². The smallest absolute Gasteiger partial charge is 0.239 e. The van der Waals surface area contributed by atoms with E-state index in [1.54, 1.807) is 13.0 Å². The molecular formula is C18H25FN4O3S. The number of hydrogen-bond donors (Lipinski definition) is 1. The highest BCUT2D eigenvalue weighted by atomic mass is 32.2. The van der Waals surface area contributed by atoms with E-state index in [0.717, 1.165) is 36.7 Å². The fourth-order valence-corrected chi connectivity index (χ4v) is 5.06. The third kappa shape index (κ3) is 3.92. The van der Waals surface area contributed by atoms with Crippen LogP contribution in [0.5, 0.6) is 0 Å². The van der Waals surface area contributed by atoms with Gasteiger partial charge in [-0.3, -0.25) is 4.79 Å². The number of nitrogens with two attached hydrogens (primary N) is 1. The van der Waals surface area contributed by atoms with E-state index in [9.17, 15) is 17.6 Å². The van der Waals surface area contributed by atoms with E-state index in [2.05, 4.69) is 4.99 Å². The number of halogens is 1. The van der Waals surface area contributed by atoms with Crippen LogP contribution in [0.4, 0.5) is 4.39 Å². The normalized spacial score (nSPS) is 25.2. The van der Waals surface area contributed by atoms with Gasteiger partial charge in [0, 0.05) is 25.7 Å². The molecule has 27 heavy (non-hydrogen) atoms. The van der Waals surface area contributed by atoms with Gasteiger partial charge in [-0.25, -0.2) is 22.1 Å². The number of aliphatic imine (C=N–C) groups is 1. The molecule has 1 aromatic rings. The minimum atomic E-state index is -3.70. The SMILES string of the molecule is CN1C(N)=N[C@](C)(c2cc(CC(=O)N3CCCCC3)ccc2F)CS1(=O)=O. The number of benzene rings is 1. The maximum atomic E-state index is 14.6. The van der Waals surface area contributed by atoms with Gasteiger partial charge >= 0.3 is 0 Å². The monoisotopic (exact) mass is 396 g/mol. The molecule has 0 aromatic heterocycles. The summed E-state index contributed by atoms with van der Waals surface area (Å²) in [6, 6.07) is 4.35. The molecule has 7 nitrogen and oxygen atoms in total. The Morgan fingerprint density at radius 3 is 2.59 bits per heavy atom. The molecular weight excluding hydrogens is 371 g/mol. The third-order valence-corrected chi connectivity index (χ3v) is 7.19. The molecule has 2 aliphatic rings. The van der Waals surface area contributed by atoms with Crippen molar-refractivity contribution in [1.29, 1.82) is 0 Å². The lowest BCUT2D eigenvalue weighted by Crippen LogP contribution is -2.50. The van der Waals surface area contributed by atoms with Gasteiger partial charge in [-0.05, 0) is 43.9 Å². The minimum Gasteiger partial charge on any atom is -0.369 e. The first kappa shape index (κ1) is 19.6. The van der Waals surface area contributed by atoms with Crippen molar-refractivity contribution < 1.29 is 17.6 Å². The second-order valence-corrected chi connectivity index (χ2v) is 9.40. The number of hydrogen-bond acceptors (Lipinski definition) is 5. The first-order valence-corrected chi connectivity index (χ1v) is 10.6. The standard InChI is InChI=1S/C18H25FN4O3S/c1-18(12-27(25,26)22(2)17(20)21-18)14-10-13(6-7-15(14)19)11-16(24)23-8-4-3-5-9-23/h6-7,10H,3-5,8-9,11-12H2,1-2H3,(H2,20,21)/t18-/m0/s1. The molecule has 1 aromatic carbocycles. The van der Waals surface area contributed by atoms with Gasteiger partial charge in [0.2, 0.25) is 21.9 Å². The summed E-state index contributed by atoms with van der Waals surface area (Å²) in [5.74, 6) is -1.14. The van der Waals surface area contributed by atoms with Crippen LogP contribution in [-0.4, -0.2) is 55.4 Å². The number of sulfonamides is 1. The summed E-state index contributed by atoms with van der Waals surface area (Å²) in [6.07, 6.45) is 3.27. The lowest BCUT2D eigenvalue weighted by molar-refractivity contribution is -0.131. The highest BCUT2D eigenvalue weighted by Gasteiger charge is 2.41. The van der Waals surface area contributed by atoms with E-state index in [-0.39, 0.29) is 23.9 Å². The second kappa shape index (κ2) is 7.10. The molecule has 2 N–H and O–H groups in total. The van der Waals surface area contributed by atoms with Crippen LogP contribution in [0.2, 0.25) is 0 Å². The first-order valence-electron chi connectivity index (χ1n) is 9.01.